The smallest absolute Gasteiger partial charge is 0.416 e. The fourth-order valence-corrected chi connectivity index (χ4v) is 3.14. The predicted octanol–water partition coefficient (Wildman–Crippen LogP) is 4.96. The predicted molar refractivity (Wildman–Crippen MR) is 121 cm³/mol. The van der Waals surface area contributed by atoms with Crippen LogP contribution < -0.4 is 20.5 Å². The number of nitrogens with zero attached hydrogens (tertiary/aromatic N) is 2. The van der Waals surface area contributed by atoms with Gasteiger partial charge in [-0.15, -0.1) is 0 Å². The number of ether oxygens (including phenoxy) is 3. The van der Waals surface area contributed by atoms with Gasteiger partial charge in [0.15, 0.2) is 11.5 Å². The maximum absolute atomic E-state index is 13.1. The van der Waals surface area contributed by atoms with E-state index in [4.69, 9.17) is 19.9 Å². The summed E-state index contributed by atoms with van der Waals surface area (Å²) in [6.07, 6.45) is -4.49. The van der Waals surface area contributed by atoms with Crippen LogP contribution in [0.5, 0.6) is 11.5 Å². The summed E-state index contributed by atoms with van der Waals surface area (Å²) in [5.74, 6) is 1.90. The van der Waals surface area contributed by atoms with E-state index in [-0.39, 0.29) is 18.8 Å². The quantitative estimate of drug-likeness (QED) is 0.455. The molecule has 0 unspecified atom stereocenters. The number of rotatable bonds is 8. The van der Waals surface area contributed by atoms with Crippen molar-refractivity contribution in [3.05, 3.63) is 47.3 Å². The van der Waals surface area contributed by atoms with Crippen LogP contribution in [-0.4, -0.2) is 36.4 Å². The lowest BCUT2D eigenvalue weighted by Gasteiger charge is -2.24. The Morgan fingerprint density at radius 3 is 2.36 bits per heavy atom. The van der Waals surface area contributed by atoms with Gasteiger partial charge in [-0.3, -0.25) is 0 Å². The Morgan fingerprint density at radius 2 is 1.73 bits per heavy atom. The average molecular weight is 464 g/mol. The number of alkyl halides is 3. The summed E-state index contributed by atoms with van der Waals surface area (Å²) in [5, 5.41) is 3.73. The van der Waals surface area contributed by atoms with Gasteiger partial charge in [-0.25, -0.2) is 9.97 Å². The molecule has 0 radical (unpaired) electrons. The Morgan fingerprint density at radius 1 is 1.00 bits per heavy atom. The van der Waals surface area contributed by atoms with E-state index >= 15 is 0 Å². The maximum atomic E-state index is 13.1. The second-order valence-electron chi connectivity index (χ2n) is 8.21. The first-order valence-electron chi connectivity index (χ1n) is 10.2. The molecule has 3 N–H and O–H groups in total. The number of benzene rings is 2. The van der Waals surface area contributed by atoms with E-state index in [1.165, 1.54) is 13.2 Å². The fraction of sp³-hybridized carbons (Fsp3) is 0.391. The van der Waals surface area contributed by atoms with Crippen LogP contribution in [0.1, 0.15) is 30.8 Å². The summed E-state index contributed by atoms with van der Waals surface area (Å²) in [6.45, 7) is 5.86. The number of hydrogen-bond donors (Lipinski definition) is 2. The lowest BCUT2D eigenvalue weighted by Crippen LogP contribution is -2.30. The molecule has 0 fully saturated rings. The van der Waals surface area contributed by atoms with Crippen LogP contribution in [0.3, 0.4) is 0 Å². The first-order chi connectivity index (χ1) is 15.4. The molecule has 10 heteroatoms. The van der Waals surface area contributed by atoms with Gasteiger partial charge in [0, 0.05) is 30.8 Å². The molecule has 0 spiro atoms. The molecule has 0 aliphatic carbocycles. The highest BCUT2D eigenvalue weighted by Crippen LogP contribution is 2.35. The molecule has 0 aliphatic heterocycles. The summed E-state index contributed by atoms with van der Waals surface area (Å²) < 4.78 is 56.2. The van der Waals surface area contributed by atoms with E-state index in [0.717, 1.165) is 12.1 Å². The molecule has 0 saturated heterocycles. The second kappa shape index (κ2) is 9.30. The topological polar surface area (TPSA) is 91.5 Å². The number of aromatic nitrogens is 2. The van der Waals surface area contributed by atoms with Crippen molar-refractivity contribution in [3.8, 4) is 11.5 Å². The van der Waals surface area contributed by atoms with Gasteiger partial charge in [-0.1, -0.05) is 0 Å². The largest absolute Gasteiger partial charge is 0.493 e. The monoisotopic (exact) mass is 464 g/mol. The number of fused-ring (bicyclic) bond motifs is 1. The highest BCUT2D eigenvalue weighted by molar-refractivity contribution is 5.91. The average Bonchev–Trinajstić information content (AvgIpc) is 2.74. The van der Waals surface area contributed by atoms with Gasteiger partial charge >= 0.3 is 6.18 Å². The van der Waals surface area contributed by atoms with Gasteiger partial charge in [-0.2, -0.15) is 13.2 Å². The zero-order chi connectivity index (χ0) is 24.4. The van der Waals surface area contributed by atoms with E-state index in [2.05, 4.69) is 15.3 Å². The highest BCUT2D eigenvalue weighted by Gasteiger charge is 2.31. The summed E-state index contributed by atoms with van der Waals surface area (Å²) >= 11 is 0. The number of halogens is 3. The van der Waals surface area contributed by atoms with Gasteiger partial charge in [0.25, 0.3) is 0 Å². The number of aryl methyl sites for hydroxylation is 1. The number of hydrogen-bond acceptors (Lipinski definition) is 7. The van der Waals surface area contributed by atoms with Crippen LogP contribution in [0, 0.1) is 6.92 Å². The highest BCUT2D eigenvalue weighted by atomic mass is 19.4. The van der Waals surface area contributed by atoms with E-state index in [1.807, 2.05) is 13.8 Å². The Kier molecular flexibility index (Phi) is 6.87. The standard InChI is InChI=1S/C23H27F3N4O3/c1-13-29-18-10-19(31-4)20(33-12-22(2,3)32-5)9-17(18)21(30-13)28-11-14-6-15(23(24,25)26)8-16(27)7-14/h6-10H,11-12,27H2,1-5H3,(H,28,29,30). The minimum Gasteiger partial charge on any atom is -0.493 e. The molecule has 3 aromatic rings. The van der Waals surface area contributed by atoms with Gasteiger partial charge < -0.3 is 25.3 Å². The van der Waals surface area contributed by atoms with Crippen LogP contribution in [-0.2, 0) is 17.5 Å². The first-order valence-corrected chi connectivity index (χ1v) is 10.2. The first kappa shape index (κ1) is 24.4. The molecule has 0 bridgehead atoms. The Hall–Kier alpha value is -3.27. The van der Waals surface area contributed by atoms with Crippen LogP contribution >= 0.6 is 0 Å². The molecule has 3 rings (SSSR count). The molecular formula is C23H27F3N4O3. The van der Waals surface area contributed by atoms with Crippen molar-refractivity contribution in [2.24, 2.45) is 0 Å². The Balaban J connectivity index is 1.96. The molecule has 0 atom stereocenters. The van der Waals surface area contributed by atoms with Crippen LogP contribution in [0.4, 0.5) is 24.7 Å². The number of nitrogen functional groups attached to an aromatic ring is 1. The van der Waals surface area contributed by atoms with Crippen molar-refractivity contribution in [1.82, 2.24) is 9.97 Å². The van der Waals surface area contributed by atoms with E-state index < -0.39 is 17.3 Å². The van der Waals surface area contributed by atoms with E-state index in [0.29, 0.717) is 39.6 Å². The van der Waals surface area contributed by atoms with E-state index in [1.54, 1.807) is 26.2 Å². The van der Waals surface area contributed by atoms with Crippen LogP contribution in [0.15, 0.2) is 30.3 Å². The zero-order valence-electron chi connectivity index (χ0n) is 19.1. The van der Waals surface area contributed by atoms with Crippen molar-refractivity contribution in [2.75, 3.05) is 31.9 Å². The van der Waals surface area contributed by atoms with Crippen molar-refractivity contribution >= 4 is 22.4 Å². The third kappa shape index (κ3) is 5.95. The fourth-order valence-electron chi connectivity index (χ4n) is 3.14. The molecule has 2 aromatic carbocycles. The number of nitrogens with two attached hydrogens (primary N) is 1. The summed E-state index contributed by atoms with van der Waals surface area (Å²) in [6, 6.07) is 6.92. The molecule has 0 amide bonds. The minimum absolute atomic E-state index is 0.0338. The van der Waals surface area contributed by atoms with Crippen molar-refractivity contribution in [2.45, 2.75) is 39.1 Å². The van der Waals surface area contributed by atoms with Gasteiger partial charge in [0.05, 0.1) is 23.8 Å². The summed E-state index contributed by atoms with van der Waals surface area (Å²) in [5.41, 5.74) is 5.36. The van der Waals surface area contributed by atoms with Gasteiger partial charge in [-0.05, 0) is 50.6 Å². The molecule has 1 aromatic heterocycles. The lowest BCUT2D eigenvalue weighted by atomic mass is 10.1. The number of methoxy groups -OCH3 is 2. The minimum atomic E-state index is -4.49. The lowest BCUT2D eigenvalue weighted by molar-refractivity contribution is -0.137. The molecule has 0 saturated carbocycles. The summed E-state index contributed by atoms with van der Waals surface area (Å²) in [7, 11) is 3.13. The van der Waals surface area contributed by atoms with Crippen molar-refractivity contribution in [1.29, 1.82) is 0 Å². The Labute approximate surface area is 190 Å². The van der Waals surface area contributed by atoms with Crippen molar-refractivity contribution < 1.29 is 27.4 Å². The zero-order valence-corrected chi connectivity index (χ0v) is 19.1. The third-order valence-electron chi connectivity index (χ3n) is 5.02. The Bertz CT molecular complexity index is 1150. The molecule has 178 valence electrons. The van der Waals surface area contributed by atoms with Crippen LogP contribution in [0.2, 0.25) is 0 Å². The molecular weight excluding hydrogens is 437 g/mol. The second-order valence-corrected chi connectivity index (χ2v) is 8.21. The molecule has 0 aliphatic rings. The van der Waals surface area contributed by atoms with Gasteiger partial charge in [0.2, 0.25) is 0 Å². The normalized spacial score (nSPS) is 12.1. The molecule has 1 heterocycles. The van der Waals surface area contributed by atoms with Crippen LogP contribution in [0.25, 0.3) is 10.9 Å². The van der Waals surface area contributed by atoms with Crippen molar-refractivity contribution in [3.63, 3.8) is 0 Å². The molecule has 7 nitrogen and oxygen atoms in total. The number of anilines is 2. The SMILES string of the molecule is COc1cc2nc(C)nc(NCc3cc(N)cc(C(F)(F)F)c3)c2cc1OCC(C)(C)OC. The molecule has 33 heavy (non-hydrogen) atoms. The van der Waals surface area contributed by atoms with E-state index in [9.17, 15) is 13.2 Å². The maximum Gasteiger partial charge on any atom is 0.416 e. The third-order valence-corrected chi connectivity index (χ3v) is 5.02. The number of nitrogens with one attached hydrogen (secondary N) is 1. The van der Waals surface area contributed by atoms with Gasteiger partial charge in [0.1, 0.15) is 18.2 Å². The summed E-state index contributed by atoms with van der Waals surface area (Å²) in [4.78, 5) is 8.88.